The van der Waals surface area contributed by atoms with Gasteiger partial charge in [-0.25, -0.2) is 9.48 Å². The van der Waals surface area contributed by atoms with Crippen LogP contribution in [0.5, 0.6) is 0 Å². The van der Waals surface area contributed by atoms with E-state index >= 15 is 0 Å². The van der Waals surface area contributed by atoms with Gasteiger partial charge in [0.1, 0.15) is 5.82 Å². The van der Waals surface area contributed by atoms with Crippen molar-refractivity contribution in [1.29, 1.82) is 0 Å². The zero-order valence-corrected chi connectivity index (χ0v) is 16.1. The maximum Gasteiger partial charge on any atom is 0.338 e. The number of rotatable bonds is 6. The number of anilines is 1. The van der Waals surface area contributed by atoms with Crippen molar-refractivity contribution >= 4 is 17.7 Å². The molecule has 1 saturated carbocycles. The molecule has 1 N–H and O–H groups in total. The molecule has 0 bridgehead atoms. The van der Waals surface area contributed by atoms with Gasteiger partial charge >= 0.3 is 5.97 Å². The molecule has 3 aromatic rings. The van der Waals surface area contributed by atoms with E-state index in [2.05, 4.69) is 10.4 Å². The minimum Gasteiger partial charge on any atom is -0.452 e. The van der Waals surface area contributed by atoms with Crippen molar-refractivity contribution in [2.75, 3.05) is 11.9 Å². The zero-order chi connectivity index (χ0) is 20.1. The van der Waals surface area contributed by atoms with Crippen LogP contribution < -0.4 is 5.32 Å². The monoisotopic (exact) mass is 389 g/mol. The molecule has 1 aromatic heterocycles. The Morgan fingerprint density at radius 2 is 1.66 bits per heavy atom. The molecule has 0 saturated heterocycles. The van der Waals surface area contributed by atoms with Crippen LogP contribution in [0.15, 0.2) is 66.9 Å². The average Bonchev–Trinajstić information content (AvgIpc) is 3.44. The van der Waals surface area contributed by atoms with Gasteiger partial charge in [0.15, 0.2) is 6.61 Å². The van der Waals surface area contributed by atoms with E-state index in [-0.39, 0.29) is 12.5 Å². The first-order chi connectivity index (χ1) is 14.2. The lowest BCUT2D eigenvalue weighted by Crippen LogP contribution is -2.23. The van der Waals surface area contributed by atoms with Gasteiger partial charge < -0.3 is 10.1 Å². The molecule has 6 nitrogen and oxygen atoms in total. The molecule has 1 aliphatic rings. The Morgan fingerprint density at radius 1 is 0.966 bits per heavy atom. The summed E-state index contributed by atoms with van der Waals surface area (Å²) >= 11 is 0. The molecular weight excluding hydrogens is 366 g/mol. The van der Waals surface area contributed by atoms with Crippen molar-refractivity contribution in [2.45, 2.75) is 31.7 Å². The molecule has 2 aromatic carbocycles. The van der Waals surface area contributed by atoms with Crippen molar-refractivity contribution in [3.8, 4) is 11.1 Å². The Balaban J connectivity index is 1.31. The topological polar surface area (TPSA) is 73.2 Å². The van der Waals surface area contributed by atoms with E-state index in [1.165, 1.54) is 12.8 Å². The number of aromatic nitrogens is 2. The number of nitrogens with zero attached hydrogens (tertiary/aromatic N) is 2. The summed E-state index contributed by atoms with van der Waals surface area (Å²) < 4.78 is 7.03. The number of nitrogens with one attached hydrogen (secondary N) is 1. The van der Waals surface area contributed by atoms with Gasteiger partial charge in [0.25, 0.3) is 5.91 Å². The summed E-state index contributed by atoms with van der Waals surface area (Å²) in [5.41, 5.74) is 2.50. The van der Waals surface area contributed by atoms with Crippen LogP contribution in [0.2, 0.25) is 0 Å². The first-order valence-corrected chi connectivity index (χ1v) is 9.87. The normalized spacial score (nSPS) is 13.9. The Kier molecular flexibility index (Phi) is 5.70. The molecule has 4 rings (SSSR count). The Labute approximate surface area is 169 Å². The Hall–Kier alpha value is -3.41. The van der Waals surface area contributed by atoms with Gasteiger partial charge in [0.05, 0.1) is 17.8 Å². The standard InChI is InChI=1S/C23H23N3O3/c27-22(25-21-14-15-24-26(21)20-8-4-5-9-20)16-29-23(28)19-12-10-18(11-13-19)17-6-2-1-3-7-17/h1-3,6-7,10-15,20H,4-5,8-9,16H2,(H,25,27). The van der Waals surface area contributed by atoms with Crippen LogP contribution in [0, 0.1) is 0 Å². The first kappa shape index (κ1) is 18.9. The second-order valence-electron chi connectivity index (χ2n) is 7.17. The highest BCUT2D eigenvalue weighted by molar-refractivity contribution is 5.95. The van der Waals surface area contributed by atoms with E-state index in [1.807, 2.05) is 47.1 Å². The number of hydrogen-bond acceptors (Lipinski definition) is 4. The molecule has 0 aliphatic heterocycles. The number of amides is 1. The van der Waals surface area contributed by atoms with Gasteiger partial charge in [-0.15, -0.1) is 0 Å². The van der Waals surface area contributed by atoms with Gasteiger partial charge in [-0.1, -0.05) is 55.3 Å². The van der Waals surface area contributed by atoms with Crippen LogP contribution in [0.1, 0.15) is 42.1 Å². The molecule has 148 valence electrons. The number of benzene rings is 2. The third-order valence-corrected chi connectivity index (χ3v) is 5.17. The molecule has 0 atom stereocenters. The lowest BCUT2D eigenvalue weighted by atomic mass is 10.0. The molecule has 29 heavy (non-hydrogen) atoms. The summed E-state index contributed by atoms with van der Waals surface area (Å²) in [7, 11) is 0. The second-order valence-corrected chi connectivity index (χ2v) is 7.17. The van der Waals surface area contributed by atoms with Gasteiger partial charge in [-0.05, 0) is 36.1 Å². The number of hydrogen-bond donors (Lipinski definition) is 1. The molecular formula is C23H23N3O3. The van der Waals surface area contributed by atoms with E-state index in [1.54, 1.807) is 24.4 Å². The quantitative estimate of drug-likeness (QED) is 0.632. The van der Waals surface area contributed by atoms with Crippen molar-refractivity contribution in [3.05, 3.63) is 72.4 Å². The van der Waals surface area contributed by atoms with Gasteiger partial charge in [-0.2, -0.15) is 5.10 Å². The fourth-order valence-corrected chi connectivity index (χ4v) is 3.68. The molecule has 1 heterocycles. The molecule has 1 aliphatic carbocycles. The van der Waals surface area contributed by atoms with Gasteiger partial charge in [-0.3, -0.25) is 4.79 Å². The van der Waals surface area contributed by atoms with Crippen molar-refractivity contribution < 1.29 is 14.3 Å². The average molecular weight is 389 g/mol. The van der Waals surface area contributed by atoms with E-state index < -0.39 is 5.97 Å². The molecule has 0 spiro atoms. The number of ether oxygens (including phenoxy) is 1. The third kappa shape index (κ3) is 4.54. The van der Waals surface area contributed by atoms with Crippen molar-refractivity contribution in [2.24, 2.45) is 0 Å². The van der Waals surface area contributed by atoms with Crippen LogP contribution in [0.4, 0.5) is 5.82 Å². The first-order valence-electron chi connectivity index (χ1n) is 9.87. The largest absolute Gasteiger partial charge is 0.452 e. The highest BCUT2D eigenvalue weighted by Gasteiger charge is 2.20. The molecule has 1 fully saturated rings. The summed E-state index contributed by atoms with van der Waals surface area (Å²) in [5, 5.41) is 7.11. The minimum absolute atomic E-state index is 0.325. The number of esters is 1. The summed E-state index contributed by atoms with van der Waals surface area (Å²) in [4.78, 5) is 24.5. The minimum atomic E-state index is -0.524. The lowest BCUT2D eigenvalue weighted by molar-refractivity contribution is -0.119. The van der Waals surface area contributed by atoms with Crippen LogP contribution in [0.25, 0.3) is 11.1 Å². The van der Waals surface area contributed by atoms with E-state index in [9.17, 15) is 9.59 Å². The smallest absolute Gasteiger partial charge is 0.338 e. The van der Waals surface area contributed by atoms with Crippen LogP contribution in [0.3, 0.4) is 0 Å². The van der Waals surface area contributed by atoms with E-state index in [0.29, 0.717) is 17.4 Å². The Morgan fingerprint density at radius 3 is 2.38 bits per heavy atom. The maximum atomic E-state index is 12.3. The molecule has 0 unspecified atom stereocenters. The van der Waals surface area contributed by atoms with Gasteiger partial charge in [0, 0.05) is 6.07 Å². The van der Waals surface area contributed by atoms with E-state index in [4.69, 9.17) is 4.74 Å². The van der Waals surface area contributed by atoms with Crippen molar-refractivity contribution in [1.82, 2.24) is 9.78 Å². The predicted molar refractivity (Wildman–Crippen MR) is 111 cm³/mol. The second kappa shape index (κ2) is 8.73. The van der Waals surface area contributed by atoms with Crippen LogP contribution in [-0.2, 0) is 9.53 Å². The third-order valence-electron chi connectivity index (χ3n) is 5.17. The summed E-state index contributed by atoms with van der Waals surface area (Å²) in [6.07, 6.45) is 6.17. The fourth-order valence-electron chi connectivity index (χ4n) is 3.68. The van der Waals surface area contributed by atoms with Crippen molar-refractivity contribution in [3.63, 3.8) is 0 Å². The maximum absolute atomic E-state index is 12.3. The summed E-state index contributed by atoms with van der Waals surface area (Å²) in [6.45, 7) is -0.338. The summed E-state index contributed by atoms with van der Waals surface area (Å²) in [6, 6.07) is 19.1. The number of carbonyl (C=O) groups excluding carboxylic acids is 2. The highest BCUT2D eigenvalue weighted by atomic mass is 16.5. The highest BCUT2D eigenvalue weighted by Crippen LogP contribution is 2.31. The fraction of sp³-hybridized carbons (Fsp3) is 0.261. The van der Waals surface area contributed by atoms with Crippen LogP contribution in [-0.4, -0.2) is 28.3 Å². The SMILES string of the molecule is O=C(COC(=O)c1ccc(-c2ccccc2)cc1)Nc1ccnn1C1CCCC1. The lowest BCUT2D eigenvalue weighted by Gasteiger charge is -2.14. The molecule has 0 radical (unpaired) electrons. The van der Waals surface area contributed by atoms with E-state index in [0.717, 1.165) is 24.0 Å². The molecule has 1 amide bonds. The van der Waals surface area contributed by atoms with Gasteiger partial charge in [0.2, 0.25) is 0 Å². The summed E-state index contributed by atoms with van der Waals surface area (Å²) in [5.74, 6) is -0.256. The Bertz CT molecular complexity index is 974. The van der Waals surface area contributed by atoms with Crippen LogP contribution >= 0.6 is 0 Å². The predicted octanol–water partition coefficient (Wildman–Crippen LogP) is 4.46. The number of carbonyl (C=O) groups is 2. The molecule has 6 heteroatoms. The zero-order valence-electron chi connectivity index (χ0n) is 16.1.